The number of hydrogen-bond acceptors (Lipinski definition) is 3. The van der Waals surface area contributed by atoms with Crippen molar-refractivity contribution < 1.29 is 4.74 Å². The van der Waals surface area contributed by atoms with Crippen LogP contribution in [0.25, 0.3) is 0 Å². The second-order valence-electron chi connectivity index (χ2n) is 6.36. The molecule has 0 bridgehead atoms. The highest BCUT2D eigenvalue weighted by Gasteiger charge is 2.18. The van der Waals surface area contributed by atoms with Crippen LogP contribution >= 0.6 is 12.2 Å². The Bertz CT molecular complexity index is 731. The molecule has 0 aliphatic carbocycles. The van der Waals surface area contributed by atoms with Crippen molar-refractivity contribution in [2.45, 2.75) is 19.9 Å². The molecule has 0 fully saturated rings. The van der Waals surface area contributed by atoms with E-state index < -0.39 is 0 Å². The molecule has 134 valence electrons. The van der Waals surface area contributed by atoms with Gasteiger partial charge >= 0.3 is 0 Å². The standard InChI is InChI=1S/C20H27N3OS/c1-14-10-11-16(12-15(14)2)22-20(25)21-13-18(23(3)4)17-8-6-7-9-19(17)24-5/h6-12,18H,13H2,1-5H3,(H2,21,22,25)/t18-/m0/s1. The van der Waals surface area contributed by atoms with Gasteiger partial charge in [0.1, 0.15) is 5.75 Å². The Balaban J connectivity index is 2.03. The summed E-state index contributed by atoms with van der Waals surface area (Å²) in [6, 6.07) is 14.5. The van der Waals surface area contributed by atoms with Crippen molar-refractivity contribution in [3.05, 3.63) is 59.2 Å². The minimum absolute atomic E-state index is 0.149. The fraction of sp³-hybridized carbons (Fsp3) is 0.350. The van der Waals surface area contributed by atoms with E-state index in [1.807, 2.05) is 24.3 Å². The van der Waals surface area contributed by atoms with Gasteiger partial charge in [-0.3, -0.25) is 0 Å². The number of nitrogens with one attached hydrogen (secondary N) is 2. The molecule has 4 nitrogen and oxygen atoms in total. The molecule has 2 aromatic carbocycles. The van der Waals surface area contributed by atoms with E-state index in [-0.39, 0.29) is 6.04 Å². The molecule has 0 saturated carbocycles. The van der Waals surface area contributed by atoms with Crippen LogP contribution in [0.1, 0.15) is 22.7 Å². The number of nitrogens with zero attached hydrogens (tertiary/aromatic N) is 1. The van der Waals surface area contributed by atoms with Crippen LogP contribution in [0.5, 0.6) is 5.75 Å². The van der Waals surface area contributed by atoms with Crippen molar-refractivity contribution in [2.24, 2.45) is 0 Å². The van der Waals surface area contributed by atoms with Gasteiger partial charge in [-0.1, -0.05) is 24.3 Å². The van der Waals surface area contributed by atoms with E-state index in [4.69, 9.17) is 17.0 Å². The molecule has 0 aliphatic heterocycles. The van der Waals surface area contributed by atoms with Crippen molar-refractivity contribution in [2.75, 3.05) is 33.1 Å². The first-order valence-electron chi connectivity index (χ1n) is 8.33. The number of thiocarbonyl (C=S) groups is 1. The van der Waals surface area contributed by atoms with Gasteiger partial charge in [0.25, 0.3) is 0 Å². The lowest BCUT2D eigenvalue weighted by atomic mass is 10.0. The highest BCUT2D eigenvalue weighted by Crippen LogP contribution is 2.27. The average molecular weight is 358 g/mol. The van der Waals surface area contributed by atoms with E-state index >= 15 is 0 Å². The quantitative estimate of drug-likeness (QED) is 0.767. The summed E-state index contributed by atoms with van der Waals surface area (Å²) < 4.78 is 5.50. The van der Waals surface area contributed by atoms with Gasteiger partial charge in [-0.2, -0.15) is 0 Å². The predicted molar refractivity (Wildman–Crippen MR) is 110 cm³/mol. The highest BCUT2D eigenvalue weighted by molar-refractivity contribution is 7.80. The van der Waals surface area contributed by atoms with Crippen LogP contribution in [0.2, 0.25) is 0 Å². The Morgan fingerprint density at radius 2 is 1.84 bits per heavy atom. The second-order valence-corrected chi connectivity index (χ2v) is 6.76. The minimum Gasteiger partial charge on any atom is -0.496 e. The minimum atomic E-state index is 0.149. The first-order chi connectivity index (χ1) is 11.9. The van der Waals surface area contributed by atoms with E-state index in [0.29, 0.717) is 11.7 Å². The molecule has 0 amide bonds. The summed E-state index contributed by atoms with van der Waals surface area (Å²) in [5, 5.41) is 7.19. The first kappa shape index (κ1) is 19.2. The van der Waals surface area contributed by atoms with Crippen molar-refractivity contribution in [3.8, 4) is 5.75 Å². The van der Waals surface area contributed by atoms with E-state index in [1.165, 1.54) is 11.1 Å². The van der Waals surface area contributed by atoms with Crippen LogP contribution in [0.3, 0.4) is 0 Å². The molecule has 0 saturated heterocycles. The zero-order valence-electron chi connectivity index (χ0n) is 15.6. The number of anilines is 1. The molecule has 1 atom stereocenters. The van der Waals surface area contributed by atoms with Gasteiger partial charge in [0.2, 0.25) is 0 Å². The topological polar surface area (TPSA) is 36.5 Å². The number of para-hydroxylation sites is 1. The zero-order chi connectivity index (χ0) is 18.4. The molecular weight excluding hydrogens is 330 g/mol. The van der Waals surface area contributed by atoms with Crippen molar-refractivity contribution in [1.82, 2.24) is 10.2 Å². The van der Waals surface area contributed by atoms with Crippen LogP contribution < -0.4 is 15.4 Å². The molecule has 2 N–H and O–H groups in total. The van der Waals surface area contributed by atoms with Gasteiger partial charge in [-0.15, -0.1) is 0 Å². The Morgan fingerprint density at radius 1 is 1.12 bits per heavy atom. The van der Waals surface area contributed by atoms with Gasteiger partial charge in [0.05, 0.1) is 13.2 Å². The fourth-order valence-electron chi connectivity index (χ4n) is 2.70. The summed E-state index contributed by atoms with van der Waals surface area (Å²) in [6.45, 7) is 4.88. The summed E-state index contributed by atoms with van der Waals surface area (Å²) in [7, 11) is 5.81. The van der Waals surface area contributed by atoms with Gasteiger partial charge < -0.3 is 20.3 Å². The number of benzene rings is 2. The van der Waals surface area contributed by atoms with E-state index in [9.17, 15) is 0 Å². The number of hydrogen-bond donors (Lipinski definition) is 2. The van der Waals surface area contributed by atoms with Crippen LogP contribution in [0, 0.1) is 13.8 Å². The number of ether oxygens (including phenoxy) is 1. The average Bonchev–Trinajstić information content (AvgIpc) is 2.58. The fourth-order valence-corrected chi connectivity index (χ4v) is 2.90. The summed E-state index contributed by atoms with van der Waals surface area (Å²) in [5.74, 6) is 0.885. The van der Waals surface area contributed by atoms with Crippen molar-refractivity contribution in [3.63, 3.8) is 0 Å². The Hall–Kier alpha value is -2.11. The third kappa shape index (κ3) is 5.18. The number of likely N-dealkylation sites (N-methyl/N-ethyl adjacent to an activating group) is 1. The molecule has 5 heteroatoms. The molecule has 25 heavy (non-hydrogen) atoms. The lowest BCUT2D eigenvalue weighted by Crippen LogP contribution is -2.36. The molecule has 0 aliphatic rings. The van der Waals surface area contributed by atoms with Crippen molar-refractivity contribution >= 4 is 23.0 Å². The van der Waals surface area contributed by atoms with Crippen LogP contribution in [0.15, 0.2) is 42.5 Å². The Kier molecular flexibility index (Phi) is 6.79. The Labute approximate surface area is 156 Å². The first-order valence-corrected chi connectivity index (χ1v) is 8.74. The van der Waals surface area contributed by atoms with Crippen LogP contribution in [-0.4, -0.2) is 37.8 Å². The third-order valence-electron chi connectivity index (χ3n) is 4.34. The monoisotopic (exact) mass is 357 g/mol. The van der Waals surface area contributed by atoms with E-state index in [1.54, 1.807) is 7.11 Å². The molecular formula is C20H27N3OS. The molecule has 0 spiro atoms. The molecule has 0 radical (unpaired) electrons. The van der Waals surface area contributed by atoms with Gasteiger partial charge in [0, 0.05) is 17.8 Å². The van der Waals surface area contributed by atoms with Gasteiger partial charge in [-0.25, -0.2) is 0 Å². The smallest absolute Gasteiger partial charge is 0.170 e. The summed E-state index contributed by atoms with van der Waals surface area (Å²) in [6.07, 6.45) is 0. The zero-order valence-corrected chi connectivity index (χ0v) is 16.4. The summed E-state index contributed by atoms with van der Waals surface area (Å²) in [4.78, 5) is 2.16. The summed E-state index contributed by atoms with van der Waals surface area (Å²) in [5.41, 5.74) is 4.65. The SMILES string of the molecule is COc1ccccc1[C@H](CNC(=S)Nc1ccc(C)c(C)c1)N(C)C. The molecule has 0 aromatic heterocycles. The van der Waals surface area contributed by atoms with Crippen LogP contribution in [-0.2, 0) is 0 Å². The number of rotatable bonds is 6. The Morgan fingerprint density at radius 3 is 2.48 bits per heavy atom. The summed E-state index contributed by atoms with van der Waals surface area (Å²) >= 11 is 5.46. The molecule has 0 heterocycles. The third-order valence-corrected chi connectivity index (χ3v) is 4.59. The highest BCUT2D eigenvalue weighted by atomic mass is 32.1. The maximum atomic E-state index is 5.50. The number of methoxy groups -OCH3 is 1. The van der Waals surface area contributed by atoms with Crippen LogP contribution in [0.4, 0.5) is 5.69 Å². The molecule has 0 unspecified atom stereocenters. The maximum absolute atomic E-state index is 5.50. The lowest BCUT2D eigenvalue weighted by molar-refractivity contribution is 0.288. The van der Waals surface area contributed by atoms with E-state index in [2.05, 4.69) is 61.7 Å². The maximum Gasteiger partial charge on any atom is 0.170 e. The molecule has 2 rings (SSSR count). The largest absolute Gasteiger partial charge is 0.496 e. The van der Waals surface area contributed by atoms with Gasteiger partial charge in [0.15, 0.2) is 5.11 Å². The van der Waals surface area contributed by atoms with Gasteiger partial charge in [-0.05, 0) is 69.5 Å². The lowest BCUT2D eigenvalue weighted by Gasteiger charge is -2.27. The van der Waals surface area contributed by atoms with E-state index in [0.717, 1.165) is 17.0 Å². The second kappa shape index (κ2) is 8.83. The molecule has 2 aromatic rings. The normalized spacial score (nSPS) is 11.9. The predicted octanol–water partition coefficient (Wildman–Crippen LogP) is 3.90. The van der Waals surface area contributed by atoms with Crippen molar-refractivity contribution in [1.29, 1.82) is 0 Å². The number of aryl methyl sites for hydroxylation is 2.